The van der Waals surface area contributed by atoms with Crippen LogP contribution in [0.5, 0.6) is 0 Å². The Morgan fingerprint density at radius 1 is 1.45 bits per heavy atom. The van der Waals surface area contributed by atoms with E-state index in [2.05, 4.69) is 40.8 Å². The van der Waals surface area contributed by atoms with Crippen LogP contribution >= 0.6 is 11.8 Å². The van der Waals surface area contributed by atoms with Gasteiger partial charge in [0.25, 0.3) is 0 Å². The molecule has 1 unspecified atom stereocenters. The fourth-order valence-corrected chi connectivity index (χ4v) is 3.46. The van der Waals surface area contributed by atoms with E-state index in [1.54, 1.807) is 11.8 Å². The fraction of sp³-hybridized carbons (Fsp3) is 0.846. The summed E-state index contributed by atoms with van der Waals surface area (Å²) in [6.07, 6.45) is 5.69. The first-order valence-electron chi connectivity index (χ1n) is 7.27. The molecule has 6 nitrogen and oxygen atoms in total. The van der Waals surface area contributed by atoms with Gasteiger partial charge in [-0.05, 0) is 43.5 Å². The van der Waals surface area contributed by atoms with Gasteiger partial charge in [-0.25, -0.2) is 4.68 Å². The SMILES string of the molecule is CC(C)NC(C#N)CCSc1nnnn1C1CCCC1. The van der Waals surface area contributed by atoms with Gasteiger partial charge in [0.1, 0.15) is 0 Å². The molecule has 0 bridgehead atoms. The number of nitriles is 1. The van der Waals surface area contributed by atoms with Crippen molar-refractivity contribution in [1.29, 1.82) is 5.26 Å². The van der Waals surface area contributed by atoms with Crippen molar-refractivity contribution in [1.82, 2.24) is 25.5 Å². The Bertz CT molecular complexity index is 446. The first kappa shape index (κ1) is 15.3. The van der Waals surface area contributed by atoms with Gasteiger partial charge in [-0.1, -0.05) is 24.6 Å². The zero-order valence-corrected chi connectivity index (χ0v) is 12.9. The summed E-state index contributed by atoms with van der Waals surface area (Å²) in [4.78, 5) is 0. The van der Waals surface area contributed by atoms with Crippen LogP contribution in [0.4, 0.5) is 0 Å². The Labute approximate surface area is 124 Å². The van der Waals surface area contributed by atoms with E-state index in [1.807, 2.05) is 4.68 Å². The third-order valence-electron chi connectivity index (χ3n) is 3.46. The van der Waals surface area contributed by atoms with Crippen molar-refractivity contribution < 1.29 is 0 Å². The molecule has 1 aliphatic carbocycles. The Morgan fingerprint density at radius 2 is 2.20 bits per heavy atom. The minimum Gasteiger partial charge on any atom is -0.300 e. The summed E-state index contributed by atoms with van der Waals surface area (Å²) in [5.41, 5.74) is 0. The molecule has 1 N–H and O–H groups in total. The monoisotopic (exact) mass is 294 g/mol. The molecule has 1 aromatic heterocycles. The molecule has 1 atom stereocenters. The molecule has 0 amide bonds. The topological polar surface area (TPSA) is 79.4 Å². The highest BCUT2D eigenvalue weighted by molar-refractivity contribution is 7.99. The molecule has 1 aromatic rings. The van der Waals surface area contributed by atoms with E-state index in [0.717, 1.165) is 17.3 Å². The molecular formula is C13H22N6S. The Hall–Kier alpha value is -1.13. The largest absolute Gasteiger partial charge is 0.300 e. The summed E-state index contributed by atoms with van der Waals surface area (Å²) in [5, 5.41) is 25.2. The summed E-state index contributed by atoms with van der Waals surface area (Å²) in [7, 11) is 0. The van der Waals surface area contributed by atoms with E-state index >= 15 is 0 Å². The summed E-state index contributed by atoms with van der Waals surface area (Å²) < 4.78 is 1.97. The Kier molecular flexibility index (Phi) is 5.80. The number of hydrogen-bond acceptors (Lipinski definition) is 6. The van der Waals surface area contributed by atoms with Crippen molar-refractivity contribution >= 4 is 11.8 Å². The molecule has 1 aliphatic rings. The predicted molar refractivity (Wildman–Crippen MR) is 78.3 cm³/mol. The molecule has 20 heavy (non-hydrogen) atoms. The number of nitrogens with one attached hydrogen (secondary N) is 1. The lowest BCUT2D eigenvalue weighted by molar-refractivity contribution is 0.423. The zero-order chi connectivity index (χ0) is 14.4. The lowest BCUT2D eigenvalue weighted by Crippen LogP contribution is -2.33. The number of nitrogens with zero attached hydrogens (tertiary/aromatic N) is 5. The van der Waals surface area contributed by atoms with Crippen molar-refractivity contribution in [3.8, 4) is 6.07 Å². The van der Waals surface area contributed by atoms with Crippen LogP contribution in [0, 0.1) is 11.3 Å². The molecule has 2 rings (SSSR count). The zero-order valence-electron chi connectivity index (χ0n) is 12.1. The van der Waals surface area contributed by atoms with E-state index in [-0.39, 0.29) is 6.04 Å². The number of rotatable bonds is 7. The molecule has 1 heterocycles. The molecule has 0 aliphatic heterocycles. The van der Waals surface area contributed by atoms with Gasteiger partial charge >= 0.3 is 0 Å². The molecule has 0 radical (unpaired) electrons. The van der Waals surface area contributed by atoms with Gasteiger partial charge in [-0.15, -0.1) is 5.10 Å². The third-order valence-corrected chi connectivity index (χ3v) is 4.43. The average Bonchev–Trinajstić information content (AvgIpc) is 3.07. The van der Waals surface area contributed by atoms with Crippen LogP contribution in [0.25, 0.3) is 0 Å². The van der Waals surface area contributed by atoms with Crippen molar-refractivity contribution in [2.45, 2.75) is 69.2 Å². The van der Waals surface area contributed by atoms with Gasteiger partial charge in [-0.3, -0.25) is 5.32 Å². The fourth-order valence-electron chi connectivity index (χ4n) is 2.51. The van der Waals surface area contributed by atoms with Gasteiger partial charge in [0.2, 0.25) is 5.16 Å². The van der Waals surface area contributed by atoms with Crippen molar-refractivity contribution in [2.24, 2.45) is 0 Å². The van der Waals surface area contributed by atoms with Crippen molar-refractivity contribution in [2.75, 3.05) is 5.75 Å². The highest BCUT2D eigenvalue weighted by Gasteiger charge is 2.21. The molecule has 1 saturated carbocycles. The van der Waals surface area contributed by atoms with Crippen molar-refractivity contribution in [3.05, 3.63) is 0 Å². The molecule has 0 saturated heterocycles. The summed E-state index contributed by atoms with van der Waals surface area (Å²) in [6.45, 7) is 4.11. The number of thioether (sulfide) groups is 1. The molecule has 110 valence electrons. The first-order valence-corrected chi connectivity index (χ1v) is 8.25. The van der Waals surface area contributed by atoms with E-state index in [4.69, 9.17) is 5.26 Å². The van der Waals surface area contributed by atoms with Crippen LogP contribution in [0.15, 0.2) is 5.16 Å². The minimum atomic E-state index is -0.0988. The summed E-state index contributed by atoms with van der Waals surface area (Å²) >= 11 is 1.65. The number of hydrogen-bond donors (Lipinski definition) is 1. The summed E-state index contributed by atoms with van der Waals surface area (Å²) in [6, 6.07) is 2.99. The lowest BCUT2D eigenvalue weighted by atomic mass is 10.2. The summed E-state index contributed by atoms with van der Waals surface area (Å²) in [5.74, 6) is 0.852. The molecule has 0 aromatic carbocycles. The molecule has 1 fully saturated rings. The predicted octanol–water partition coefficient (Wildman–Crippen LogP) is 2.16. The van der Waals surface area contributed by atoms with Crippen LogP contribution in [0.1, 0.15) is 52.0 Å². The highest BCUT2D eigenvalue weighted by atomic mass is 32.2. The smallest absolute Gasteiger partial charge is 0.209 e. The lowest BCUT2D eigenvalue weighted by Gasteiger charge is -2.14. The second-order valence-corrected chi connectivity index (χ2v) is 6.55. The second kappa shape index (κ2) is 7.60. The van der Waals surface area contributed by atoms with Crippen LogP contribution < -0.4 is 5.32 Å². The van der Waals surface area contributed by atoms with Gasteiger partial charge in [0, 0.05) is 11.8 Å². The quantitative estimate of drug-likeness (QED) is 0.776. The molecule has 7 heteroatoms. The first-order chi connectivity index (χ1) is 9.70. The molecule has 0 spiro atoms. The van der Waals surface area contributed by atoms with Crippen LogP contribution in [0.2, 0.25) is 0 Å². The molecular weight excluding hydrogens is 272 g/mol. The standard InChI is InChI=1S/C13H22N6S/c1-10(2)15-11(9-14)7-8-20-13-16-17-18-19(13)12-5-3-4-6-12/h10-12,15H,3-8H2,1-2H3. The van der Waals surface area contributed by atoms with E-state index < -0.39 is 0 Å². The maximum absolute atomic E-state index is 9.09. The van der Waals surface area contributed by atoms with Gasteiger partial charge < -0.3 is 0 Å². The van der Waals surface area contributed by atoms with Gasteiger partial charge in [-0.2, -0.15) is 5.26 Å². The number of tetrazole rings is 1. The van der Waals surface area contributed by atoms with E-state index in [9.17, 15) is 0 Å². The Balaban J connectivity index is 1.82. The normalized spacial score (nSPS) is 17.5. The minimum absolute atomic E-state index is 0.0988. The maximum Gasteiger partial charge on any atom is 0.209 e. The maximum atomic E-state index is 9.09. The Morgan fingerprint density at radius 3 is 2.85 bits per heavy atom. The van der Waals surface area contributed by atoms with E-state index in [1.165, 1.54) is 25.7 Å². The number of aromatic nitrogens is 4. The highest BCUT2D eigenvalue weighted by Crippen LogP contribution is 2.31. The van der Waals surface area contributed by atoms with Crippen LogP contribution in [-0.2, 0) is 0 Å². The van der Waals surface area contributed by atoms with Crippen LogP contribution in [-0.4, -0.2) is 38.0 Å². The average molecular weight is 294 g/mol. The third kappa shape index (κ3) is 4.18. The van der Waals surface area contributed by atoms with Crippen molar-refractivity contribution in [3.63, 3.8) is 0 Å². The van der Waals surface area contributed by atoms with Gasteiger partial charge in [0.15, 0.2) is 0 Å². The van der Waals surface area contributed by atoms with Crippen LogP contribution in [0.3, 0.4) is 0 Å². The second-order valence-electron chi connectivity index (χ2n) is 5.48. The van der Waals surface area contributed by atoms with Gasteiger partial charge in [0.05, 0.1) is 18.2 Å². The van der Waals surface area contributed by atoms with E-state index in [0.29, 0.717) is 12.1 Å².